The first-order valence-electron chi connectivity index (χ1n) is 7.91. The van der Waals surface area contributed by atoms with Crippen molar-refractivity contribution in [3.63, 3.8) is 0 Å². The van der Waals surface area contributed by atoms with Crippen molar-refractivity contribution in [3.05, 3.63) is 34.5 Å². The molecule has 0 spiro atoms. The second-order valence-corrected chi connectivity index (χ2v) is 6.11. The standard InChI is InChI=1S/C17H19ClN2O4/c1-3-23-17(22)20-8-6-19(7-9-20)16(21)15-11(2)13-10-12(18)4-5-14(13)24-15/h4-5,10H,3,6-9H2,1-2H3. The normalized spacial score (nSPS) is 15.0. The summed E-state index contributed by atoms with van der Waals surface area (Å²) in [6.07, 6.45) is -0.334. The summed E-state index contributed by atoms with van der Waals surface area (Å²) in [5.74, 6) is 0.167. The number of nitrogens with zero attached hydrogens (tertiary/aromatic N) is 2. The van der Waals surface area contributed by atoms with Crippen LogP contribution in [0.15, 0.2) is 22.6 Å². The summed E-state index contributed by atoms with van der Waals surface area (Å²) in [6.45, 7) is 5.78. The Morgan fingerprint density at radius 2 is 1.88 bits per heavy atom. The zero-order chi connectivity index (χ0) is 17.3. The van der Waals surface area contributed by atoms with E-state index in [0.717, 1.165) is 10.9 Å². The molecule has 1 fully saturated rings. The van der Waals surface area contributed by atoms with E-state index in [9.17, 15) is 9.59 Å². The van der Waals surface area contributed by atoms with Gasteiger partial charge in [0.05, 0.1) is 6.61 Å². The van der Waals surface area contributed by atoms with Crippen LogP contribution < -0.4 is 0 Å². The van der Waals surface area contributed by atoms with Gasteiger partial charge in [0.1, 0.15) is 5.58 Å². The average Bonchev–Trinajstić information content (AvgIpc) is 2.91. The summed E-state index contributed by atoms with van der Waals surface area (Å²) >= 11 is 6.01. The quantitative estimate of drug-likeness (QED) is 0.833. The molecule has 128 valence electrons. The van der Waals surface area contributed by atoms with Crippen LogP contribution in [-0.2, 0) is 4.74 Å². The van der Waals surface area contributed by atoms with Crippen LogP contribution >= 0.6 is 11.6 Å². The van der Waals surface area contributed by atoms with Crippen LogP contribution in [0.2, 0.25) is 5.02 Å². The Morgan fingerprint density at radius 1 is 1.21 bits per heavy atom. The van der Waals surface area contributed by atoms with Crippen LogP contribution in [-0.4, -0.2) is 54.6 Å². The van der Waals surface area contributed by atoms with Gasteiger partial charge in [-0.25, -0.2) is 4.79 Å². The van der Waals surface area contributed by atoms with Gasteiger partial charge in [-0.05, 0) is 32.0 Å². The number of carbonyl (C=O) groups excluding carboxylic acids is 2. The fraction of sp³-hybridized carbons (Fsp3) is 0.412. The van der Waals surface area contributed by atoms with Crippen LogP contribution in [0, 0.1) is 6.92 Å². The maximum Gasteiger partial charge on any atom is 0.409 e. The predicted molar refractivity (Wildman–Crippen MR) is 90.5 cm³/mol. The molecule has 1 saturated heterocycles. The number of hydrogen-bond acceptors (Lipinski definition) is 4. The molecule has 24 heavy (non-hydrogen) atoms. The number of halogens is 1. The Labute approximate surface area is 144 Å². The largest absolute Gasteiger partial charge is 0.451 e. The Balaban J connectivity index is 1.74. The molecular weight excluding hydrogens is 332 g/mol. The van der Waals surface area contributed by atoms with Crippen LogP contribution in [0.3, 0.4) is 0 Å². The molecule has 0 radical (unpaired) electrons. The summed E-state index contributed by atoms with van der Waals surface area (Å²) in [5.41, 5.74) is 1.43. The van der Waals surface area contributed by atoms with E-state index in [1.807, 2.05) is 6.92 Å². The lowest BCUT2D eigenvalue weighted by molar-refractivity contribution is 0.0547. The predicted octanol–water partition coefficient (Wildman–Crippen LogP) is 3.31. The SMILES string of the molecule is CCOC(=O)N1CCN(C(=O)c2oc3ccc(Cl)cc3c2C)CC1. The van der Waals surface area contributed by atoms with Gasteiger partial charge in [0, 0.05) is 42.2 Å². The van der Waals surface area contributed by atoms with Gasteiger partial charge in [-0.2, -0.15) is 0 Å². The van der Waals surface area contributed by atoms with Gasteiger partial charge < -0.3 is 19.0 Å². The Morgan fingerprint density at radius 3 is 2.54 bits per heavy atom. The molecule has 0 saturated carbocycles. The van der Waals surface area contributed by atoms with Gasteiger partial charge in [0.25, 0.3) is 5.91 Å². The minimum Gasteiger partial charge on any atom is -0.451 e. The van der Waals surface area contributed by atoms with E-state index in [0.29, 0.717) is 49.2 Å². The highest BCUT2D eigenvalue weighted by Gasteiger charge is 2.28. The van der Waals surface area contributed by atoms with Crippen molar-refractivity contribution < 1.29 is 18.7 Å². The van der Waals surface area contributed by atoms with Crippen molar-refractivity contribution in [1.29, 1.82) is 0 Å². The molecule has 1 aromatic carbocycles. The second-order valence-electron chi connectivity index (χ2n) is 5.67. The first kappa shape index (κ1) is 16.6. The zero-order valence-corrected chi connectivity index (χ0v) is 14.4. The zero-order valence-electron chi connectivity index (χ0n) is 13.7. The number of piperazine rings is 1. The van der Waals surface area contributed by atoms with Gasteiger partial charge in [-0.1, -0.05) is 11.6 Å². The van der Waals surface area contributed by atoms with E-state index < -0.39 is 0 Å². The third kappa shape index (κ3) is 3.06. The average molecular weight is 351 g/mol. The number of ether oxygens (including phenoxy) is 1. The van der Waals surface area contributed by atoms with E-state index in [4.69, 9.17) is 20.8 Å². The van der Waals surface area contributed by atoms with Crippen molar-refractivity contribution in [2.24, 2.45) is 0 Å². The van der Waals surface area contributed by atoms with Crippen molar-refractivity contribution in [2.45, 2.75) is 13.8 Å². The van der Waals surface area contributed by atoms with Crippen LogP contribution in [0.4, 0.5) is 4.79 Å². The molecule has 0 N–H and O–H groups in total. The molecule has 2 amide bonds. The number of benzene rings is 1. The molecule has 0 bridgehead atoms. The first-order valence-corrected chi connectivity index (χ1v) is 8.28. The van der Waals surface area contributed by atoms with E-state index in [2.05, 4.69) is 0 Å². The summed E-state index contributed by atoms with van der Waals surface area (Å²) < 4.78 is 10.7. The van der Waals surface area contributed by atoms with Crippen molar-refractivity contribution in [2.75, 3.05) is 32.8 Å². The number of fused-ring (bicyclic) bond motifs is 1. The van der Waals surface area contributed by atoms with E-state index >= 15 is 0 Å². The highest BCUT2D eigenvalue weighted by molar-refractivity contribution is 6.31. The highest BCUT2D eigenvalue weighted by Crippen LogP contribution is 2.28. The Hall–Kier alpha value is -2.21. The summed E-state index contributed by atoms with van der Waals surface area (Å²) in [5, 5.41) is 1.45. The van der Waals surface area contributed by atoms with Crippen LogP contribution in [0.5, 0.6) is 0 Å². The summed E-state index contributed by atoms with van der Waals surface area (Å²) in [6, 6.07) is 5.30. The molecule has 0 aliphatic carbocycles. The molecule has 0 unspecified atom stereocenters. The fourth-order valence-electron chi connectivity index (χ4n) is 2.85. The number of carbonyl (C=O) groups is 2. The topological polar surface area (TPSA) is 63.0 Å². The Kier molecular flexibility index (Phi) is 4.66. The fourth-order valence-corrected chi connectivity index (χ4v) is 3.02. The molecule has 2 heterocycles. The monoisotopic (exact) mass is 350 g/mol. The molecule has 1 aliphatic heterocycles. The third-order valence-electron chi connectivity index (χ3n) is 4.19. The van der Waals surface area contributed by atoms with E-state index in [-0.39, 0.29) is 12.0 Å². The molecule has 6 nitrogen and oxygen atoms in total. The molecule has 2 aromatic rings. The number of hydrogen-bond donors (Lipinski definition) is 0. The molecular formula is C17H19ClN2O4. The number of furan rings is 1. The summed E-state index contributed by atoms with van der Waals surface area (Å²) in [4.78, 5) is 27.8. The lowest BCUT2D eigenvalue weighted by atomic mass is 10.1. The van der Waals surface area contributed by atoms with Gasteiger partial charge in [0.15, 0.2) is 5.76 Å². The smallest absolute Gasteiger partial charge is 0.409 e. The second kappa shape index (κ2) is 6.73. The van der Waals surface area contributed by atoms with Gasteiger partial charge in [-0.15, -0.1) is 0 Å². The third-order valence-corrected chi connectivity index (χ3v) is 4.42. The molecule has 1 aliphatic rings. The number of rotatable bonds is 2. The molecule has 1 aromatic heterocycles. The minimum atomic E-state index is -0.334. The Bertz CT molecular complexity index is 778. The van der Waals surface area contributed by atoms with Crippen molar-refractivity contribution >= 4 is 34.6 Å². The number of aryl methyl sites for hydroxylation is 1. The van der Waals surface area contributed by atoms with Crippen LogP contribution in [0.25, 0.3) is 11.0 Å². The van der Waals surface area contributed by atoms with Crippen molar-refractivity contribution in [1.82, 2.24) is 9.80 Å². The van der Waals surface area contributed by atoms with Gasteiger partial charge in [0.2, 0.25) is 0 Å². The minimum absolute atomic E-state index is 0.164. The molecule has 0 atom stereocenters. The maximum absolute atomic E-state index is 12.7. The first-order chi connectivity index (χ1) is 11.5. The van der Waals surface area contributed by atoms with Gasteiger partial charge >= 0.3 is 6.09 Å². The molecule has 7 heteroatoms. The highest BCUT2D eigenvalue weighted by atomic mass is 35.5. The lowest BCUT2D eigenvalue weighted by Crippen LogP contribution is -2.50. The van der Waals surface area contributed by atoms with Gasteiger partial charge in [-0.3, -0.25) is 4.79 Å². The maximum atomic E-state index is 12.7. The number of amides is 2. The van der Waals surface area contributed by atoms with Crippen LogP contribution in [0.1, 0.15) is 23.0 Å². The molecule has 3 rings (SSSR count). The van der Waals surface area contributed by atoms with E-state index in [1.165, 1.54) is 0 Å². The van der Waals surface area contributed by atoms with E-state index in [1.54, 1.807) is 34.9 Å². The summed E-state index contributed by atoms with van der Waals surface area (Å²) in [7, 11) is 0. The lowest BCUT2D eigenvalue weighted by Gasteiger charge is -2.33. The van der Waals surface area contributed by atoms with Crippen molar-refractivity contribution in [3.8, 4) is 0 Å².